The fourth-order valence-electron chi connectivity index (χ4n) is 4.64. The minimum Gasteiger partial charge on any atom is -0.489 e. The largest absolute Gasteiger partial charge is 0.489 e. The molecule has 9 heteroatoms. The summed E-state index contributed by atoms with van der Waals surface area (Å²) < 4.78 is 19.0. The molecule has 0 atom stereocenters. The zero-order valence-electron chi connectivity index (χ0n) is 22.3. The summed E-state index contributed by atoms with van der Waals surface area (Å²) in [6.07, 6.45) is 3.89. The van der Waals surface area contributed by atoms with E-state index in [1.54, 1.807) is 19.5 Å². The first-order chi connectivity index (χ1) is 17.6. The highest BCUT2D eigenvalue weighted by Crippen LogP contribution is 2.39. The number of para-hydroxylation sites is 1. The third kappa shape index (κ3) is 7.04. The van der Waals surface area contributed by atoms with Gasteiger partial charge in [0.25, 0.3) is 0 Å². The Morgan fingerprint density at radius 3 is 2.51 bits per heavy atom. The number of halogens is 1. The van der Waals surface area contributed by atoms with Crippen molar-refractivity contribution in [3.8, 4) is 5.75 Å². The molecule has 1 aliphatic heterocycles. The van der Waals surface area contributed by atoms with Gasteiger partial charge in [0.15, 0.2) is 5.82 Å². The second-order valence-electron chi connectivity index (χ2n) is 10.1. The molecule has 0 amide bonds. The lowest BCUT2D eigenvalue weighted by Crippen LogP contribution is -2.32. The fraction of sp³-hybridized carbons (Fsp3) is 0.429. The summed E-state index contributed by atoms with van der Waals surface area (Å²) in [7, 11) is -2.50. The molecule has 2 aromatic carbocycles. The lowest BCUT2D eigenvalue weighted by atomic mass is 9.89. The summed E-state index contributed by atoms with van der Waals surface area (Å²) in [4.78, 5) is 11.5. The third-order valence-corrected chi connectivity index (χ3v) is 8.43. The van der Waals surface area contributed by atoms with Crippen LogP contribution in [0.25, 0.3) is 0 Å². The van der Waals surface area contributed by atoms with E-state index >= 15 is 0 Å². The lowest BCUT2D eigenvalue weighted by Gasteiger charge is -2.31. The van der Waals surface area contributed by atoms with Crippen LogP contribution < -0.4 is 20.7 Å². The van der Waals surface area contributed by atoms with Crippen molar-refractivity contribution >= 4 is 47.2 Å². The van der Waals surface area contributed by atoms with Gasteiger partial charge in [0.1, 0.15) is 17.9 Å². The molecule has 0 bridgehead atoms. The molecular formula is C28H37ClN5O2P. The lowest BCUT2D eigenvalue weighted by molar-refractivity contribution is 0.221. The summed E-state index contributed by atoms with van der Waals surface area (Å²) in [5.74, 6) is 2.13. The predicted molar refractivity (Wildman–Crippen MR) is 155 cm³/mol. The molecule has 0 unspecified atom stereocenters. The van der Waals surface area contributed by atoms with Gasteiger partial charge in [-0.25, -0.2) is 4.98 Å². The van der Waals surface area contributed by atoms with Crippen LogP contribution in [-0.2, 0) is 4.57 Å². The second kappa shape index (κ2) is 11.8. The summed E-state index contributed by atoms with van der Waals surface area (Å²) in [5.41, 5.74) is 2.81. The predicted octanol–water partition coefficient (Wildman–Crippen LogP) is 6.85. The molecule has 2 N–H and O–H groups in total. The standard InChI is InChI=1S/C28H37ClN5O2P/c1-6-34-15-13-20(14-16-34)21-11-12-23(25(17-21)36-19(2)3)32-28-30-18-22(29)27(33-28)31-24-9-7-8-10-26(24)37(4,5)35/h7-12,17-20H,6,13-16H2,1-5H3,(H2,30,31,32,33). The van der Waals surface area contributed by atoms with Gasteiger partial charge in [0.05, 0.1) is 23.7 Å². The van der Waals surface area contributed by atoms with Gasteiger partial charge in [-0.3, -0.25) is 0 Å². The molecular weight excluding hydrogens is 505 g/mol. The Hall–Kier alpha value is -2.60. The number of nitrogens with one attached hydrogen (secondary N) is 2. The average Bonchev–Trinajstić information content (AvgIpc) is 2.86. The highest BCUT2D eigenvalue weighted by atomic mass is 35.5. The minimum absolute atomic E-state index is 0.0244. The molecule has 3 aromatic rings. The topological polar surface area (TPSA) is 79.4 Å². The monoisotopic (exact) mass is 541 g/mol. The van der Waals surface area contributed by atoms with Crippen LogP contribution in [0.4, 0.5) is 23.1 Å². The molecule has 0 aliphatic carbocycles. The number of piperidine rings is 1. The molecule has 1 aliphatic rings. The summed E-state index contributed by atoms with van der Waals surface area (Å²) in [5, 5.41) is 7.68. The van der Waals surface area contributed by atoms with Crippen molar-refractivity contribution in [2.24, 2.45) is 0 Å². The molecule has 0 spiro atoms. The van der Waals surface area contributed by atoms with Crippen LogP contribution >= 0.6 is 18.7 Å². The van der Waals surface area contributed by atoms with Gasteiger partial charge < -0.3 is 24.8 Å². The normalized spacial score (nSPS) is 15.1. The quantitative estimate of drug-likeness (QED) is 0.287. The number of anilines is 4. The smallest absolute Gasteiger partial charge is 0.229 e. The van der Waals surface area contributed by atoms with Crippen molar-refractivity contribution < 1.29 is 9.30 Å². The molecule has 1 fully saturated rings. The van der Waals surface area contributed by atoms with E-state index < -0.39 is 7.14 Å². The molecule has 37 heavy (non-hydrogen) atoms. The number of aromatic nitrogens is 2. The van der Waals surface area contributed by atoms with Crippen LogP contribution in [0.15, 0.2) is 48.7 Å². The maximum absolute atomic E-state index is 12.8. The van der Waals surface area contributed by atoms with Gasteiger partial charge in [0.2, 0.25) is 5.95 Å². The zero-order chi connectivity index (χ0) is 26.6. The summed E-state index contributed by atoms with van der Waals surface area (Å²) in [6, 6.07) is 13.9. The number of hydrogen-bond acceptors (Lipinski definition) is 7. The van der Waals surface area contributed by atoms with Crippen molar-refractivity contribution in [3.05, 3.63) is 59.2 Å². The molecule has 1 aromatic heterocycles. The van der Waals surface area contributed by atoms with E-state index in [9.17, 15) is 4.57 Å². The van der Waals surface area contributed by atoms with Crippen LogP contribution in [0, 0.1) is 0 Å². The average molecular weight is 542 g/mol. The first-order valence-electron chi connectivity index (χ1n) is 12.9. The maximum atomic E-state index is 12.8. The van der Waals surface area contributed by atoms with Crippen molar-refractivity contribution in [3.63, 3.8) is 0 Å². The molecule has 198 valence electrons. The number of benzene rings is 2. The molecule has 2 heterocycles. The Labute approximate surface area is 225 Å². The SMILES string of the molecule is CCN1CCC(c2ccc(Nc3ncc(Cl)c(Nc4ccccc4P(C)(C)=O)n3)c(OC(C)C)c2)CC1. The van der Waals surface area contributed by atoms with Crippen LogP contribution in [0.3, 0.4) is 0 Å². The summed E-state index contributed by atoms with van der Waals surface area (Å²) in [6.45, 7) is 13.1. The minimum atomic E-state index is -2.50. The maximum Gasteiger partial charge on any atom is 0.229 e. The van der Waals surface area contributed by atoms with Crippen LogP contribution in [0.1, 0.15) is 45.1 Å². The van der Waals surface area contributed by atoms with Crippen molar-refractivity contribution in [2.75, 3.05) is 43.6 Å². The first-order valence-corrected chi connectivity index (χ1v) is 15.9. The van der Waals surface area contributed by atoms with Gasteiger partial charge in [-0.1, -0.05) is 36.7 Å². The van der Waals surface area contributed by atoms with Gasteiger partial charge in [-0.2, -0.15) is 4.98 Å². The third-order valence-electron chi connectivity index (χ3n) is 6.60. The number of hydrogen-bond donors (Lipinski definition) is 2. The van der Waals surface area contributed by atoms with Crippen molar-refractivity contribution in [1.82, 2.24) is 14.9 Å². The van der Waals surface area contributed by atoms with E-state index in [1.165, 1.54) is 5.56 Å². The van der Waals surface area contributed by atoms with E-state index in [4.69, 9.17) is 16.3 Å². The Morgan fingerprint density at radius 1 is 1.11 bits per heavy atom. The highest BCUT2D eigenvalue weighted by molar-refractivity contribution is 7.70. The zero-order valence-corrected chi connectivity index (χ0v) is 23.9. The van der Waals surface area contributed by atoms with Crippen molar-refractivity contribution in [1.29, 1.82) is 0 Å². The van der Waals surface area contributed by atoms with E-state index in [0.717, 1.165) is 49.2 Å². The Balaban J connectivity index is 1.58. The Bertz CT molecular complexity index is 1270. The summed E-state index contributed by atoms with van der Waals surface area (Å²) >= 11 is 6.43. The first kappa shape index (κ1) is 27.4. The second-order valence-corrected chi connectivity index (χ2v) is 13.7. The number of rotatable bonds is 9. The molecule has 0 radical (unpaired) electrons. The van der Waals surface area contributed by atoms with Gasteiger partial charge in [0, 0.05) is 5.30 Å². The van der Waals surface area contributed by atoms with Gasteiger partial charge in [-0.15, -0.1) is 0 Å². The van der Waals surface area contributed by atoms with Crippen LogP contribution in [0.5, 0.6) is 5.75 Å². The van der Waals surface area contributed by atoms with E-state index in [1.807, 2.05) is 44.2 Å². The number of likely N-dealkylation sites (tertiary alicyclic amines) is 1. The molecule has 4 rings (SSSR count). The van der Waals surface area contributed by atoms with Gasteiger partial charge in [-0.05, 0) is 95.4 Å². The molecule has 7 nitrogen and oxygen atoms in total. The van der Waals surface area contributed by atoms with E-state index in [0.29, 0.717) is 28.4 Å². The van der Waals surface area contributed by atoms with Crippen LogP contribution in [0.2, 0.25) is 5.02 Å². The van der Waals surface area contributed by atoms with Crippen molar-refractivity contribution in [2.45, 2.75) is 45.6 Å². The molecule has 1 saturated heterocycles. The van der Waals surface area contributed by atoms with Crippen LogP contribution in [-0.4, -0.2) is 53.9 Å². The Kier molecular flexibility index (Phi) is 8.79. The molecule has 0 saturated carbocycles. The van der Waals surface area contributed by atoms with E-state index in [-0.39, 0.29) is 6.10 Å². The number of ether oxygens (including phenoxy) is 1. The van der Waals surface area contributed by atoms with Gasteiger partial charge >= 0.3 is 0 Å². The fourth-order valence-corrected chi connectivity index (χ4v) is 5.94. The number of nitrogens with zero attached hydrogens (tertiary/aromatic N) is 3. The Morgan fingerprint density at radius 2 is 1.84 bits per heavy atom. The van der Waals surface area contributed by atoms with E-state index in [2.05, 4.69) is 44.6 Å². The highest BCUT2D eigenvalue weighted by Gasteiger charge is 2.22.